The van der Waals surface area contributed by atoms with Crippen molar-refractivity contribution in [3.05, 3.63) is 12.2 Å². The number of rotatable bonds is 3. The molecule has 0 radical (unpaired) electrons. The molecule has 11 heavy (non-hydrogen) atoms. The summed E-state index contributed by atoms with van der Waals surface area (Å²) in [6, 6.07) is 0. The first-order valence-electron chi connectivity index (χ1n) is 4.36. The van der Waals surface area contributed by atoms with E-state index in [1.807, 2.05) is 0 Å². The van der Waals surface area contributed by atoms with Crippen LogP contribution in [-0.4, -0.2) is 11.7 Å². The average Bonchev–Trinajstić information content (AvgIpc) is 1.85. The van der Waals surface area contributed by atoms with E-state index in [1.54, 1.807) is 0 Å². The van der Waals surface area contributed by atoms with Crippen molar-refractivity contribution in [3.8, 4) is 0 Å². The van der Waals surface area contributed by atoms with Gasteiger partial charge in [-0.05, 0) is 37.5 Å². The Kier molecular flexibility index (Phi) is 2.38. The van der Waals surface area contributed by atoms with Crippen molar-refractivity contribution >= 4 is 0 Å². The van der Waals surface area contributed by atoms with E-state index in [4.69, 9.17) is 5.11 Å². The third-order valence-corrected chi connectivity index (χ3v) is 3.12. The fourth-order valence-corrected chi connectivity index (χ4v) is 2.18. The Morgan fingerprint density at radius 2 is 2.36 bits per heavy atom. The van der Waals surface area contributed by atoms with E-state index >= 15 is 0 Å². The largest absolute Gasteiger partial charge is 0.396 e. The highest BCUT2D eigenvalue weighted by atomic mass is 16.3. The lowest BCUT2D eigenvalue weighted by atomic mass is 9.57. The Labute approximate surface area is 69.1 Å². The zero-order chi connectivity index (χ0) is 8.48. The normalized spacial score (nSPS) is 36.5. The molecule has 1 aliphatic carbocycles. The number of allylic oxidation sites excluding steroid dienone is 1. The van der Waals surface area contributed by atoms with E-state index in [1.165, 1.54) is 18.4 Å². The number of hydrogen-bond donors (Lipinski definition) is 1. The standard InChI is InChI=1S/C10H18O/c1-8(2)9-4-5-10(9,3)6-7-11/h9,11H,1,4-7H2,2-3H3/t9-,10+/m1/s1. The van der Waals surface area contributed by atoms with Gasteiger partial charge in [0, 0.05) is 6.61 Å². The van der Waals surface area contributed by atoms with Crippen LogP contribution in [-0.2, 0) is 0 Å². The summed E-state index contributed by atoms with van der Waals surface area (Å²) >= 11 is 0. The predicted molar refractivity (Wildman–Crippen MR) is 47.3 cm³/mol. The van der Waals surface area contributed by atoms with Gasteiger partial charge in [-0.15, -0.1) is 0 Å². The number of aliphatic hydroxyl groups is 1. The van der Waals surface area contributed by atoms with E-state index in [0.29, 0.717) is 17.9 Å². The quantitative estimate of drug-likeness (QED) is 0.619. The smallest absolute Gasteiger partial charge is 0.0436 e. The second-order valence-electron chi connectivity index (χ2n) is 4.07. The van der Waals surface area contributed by atoms with Crippen LogP contribution in [0.15, 0.2) is 12.2 Å². The molecule has 0 amide bonds. The molecule has 0 aliphatic heterocycles. The van der Waals surface area contributed by atoms with Crippen molar-refractivity contribution in [2.24, 2.45) is 11.3 Å². The molecule has 0 unspecified atom stereocenters. The first-order valence-corrected chi connectivity index (χ1v) is 4.36. The molecule has 1 saturated carbocycles. The van der Waals surface area contributed by atoms with E-state index in [9.17, 15) is 0 Å². The third-order valence-electron chi connectivity index (χ3n) is 3.12. The highest BCUT2D eigenvalue weighted by molar-refractivity contribution is 5.09. The highest BCUT2D eigenvalue weighted by Gasteiger charge is 2.41. The van der Waals surface area contributed by atoms with Gasteiger partial charge in [0.2, 0.25) is 0 Å². The van der Waals surface area contributed by atoms with Gasteiger partial charge in [-0.25, -0.2) is 0 Å². The summed E-state index contributed by atoms with van der Waals surface area (Å²) in [7, 11) is 0. The molecule has 1 fully saturated rings. The molecule has 0 saturated heterocycles. The Balaban J connectivity index is 2.52. The minimum absolute atomic E-state index is 0.320. The van der Waals surface area contributed by atoms with E-state index in [2.05, 4.69) is 20.4 Å². The molecule has 0 spiro atoms. The maximum atomic E-state index is 8.84. The predicted octanol–water partition coefficient (Wildman–Crippen LogP) is 2.36. The van der Waals surface area contributed by atoms with Crippen LogP contribution in [0.1, 0.15) is 33.1 Å². The van der Waals surface area contributed by atoms with E-state index in [0.717, 1.165) is 6.42 Å². The van der Waals surface area contributed by atoms with Gasteiger partial charge in [0.25, 0.3) is 0 Å². The minimum atomic E-state index is 0.320. The summed E-state index contributed by atoms with van der Waals surface area (Å²) in [6.07, 6.45) is 3.46. The van der Waals surface area contributed by atoms with Gasteiger partial charge in [0.05, 0.1) is 0 Å². The molecule has 0 aromatic carbocycles. The Bertz CT molecular complexity index is 162. The van der Waals surface area contributed by atoms with Crippen LogP contribution < -0.4 is 0 Å². The SMILES string of the molecule is C=C(C)[C@H]1CC[C@@]1(C)CCO. The van der Waals surface area contributed by atoms with Crippen LogP contribution in [0.5, 0.6) is 0 Å². The lowest BCUT2D eigenvalue weighted by Crippen LogP contribution is -2.38. The molecule has 0 aromatic heterocycles. The van der Waals surface area contributed by atoms with Gasteiger partial charge in [-0.2, -0.15) is 0 Å². The summed E-state index contributed by atoms with van der Waals surface area (Å²) in [5.74, 6) is 0.662. The average molecular weight is 154 g/mol. The van der Waals surface area contributed by atoms with Crippen LogP contribution in [0.2, 0.25) is 0 Å². The molecule has 1 rings (SSSR count). The molecule has 0 bridgehead atoms. The van der Waals surface area contributed by atoms with Gasteiger partial charge < -0.3 is 5.11 Å². The Hall–Kier alpha value is -0.300. The maximum Gasteiger partial charge on any atom is 0.0436 e. The maximum absolute atomic E-state index is 8.84. The zero-order valence-corrected chi connectivity index (χ0v) is 7.56. The van der Waals surface area contributed by atoms with Gasteiger partial charge in [0.1, 0.15) is 0 Å². The monoisotopic (exact) mass is 154 g/mol. The van der Waals surface area contributed by atoms with Crippen molar-refractivity contribution in [2.75, 3.05) is 6.61 Å². The molecule has 0 heterocycles. The van der Waals surface area contributed by atoms with Gasteiger partial charge in [0.15, 0.2) is 0 Å². The van der Waals surface area contributed by atoms with Crippen LogP contribution >= 0.6 is 0 Å². The van der Waals surface area contributed by atoms with Gasteiger partial charge >= 0.3 is 0 Å². The second kappa shape index (κ2) is 2.98. The van der Waals surface area contributed by atoms with Crippen molar-refractivity contribution in [2.45, 2.75) is 33.1 Å². The Morgan fingerprint density at radius 3 is 2.64 bits per heavy atom. The molecule has 2 atom stereocenters. The molecular formula is C10H18O. The van der Waals surface area contributed by atoms with Crippen LogP contribution in [0, 0.1) is 11.3 Å². The molecule has 1 nitrogen and oxygen atoms in total. The van der Waals surface area contributed by atoms with Crippen LogP contribution in [0.4, 0.5) is 0 Å². The van der Waals surface area contributed by atoms with Crippen molar-refractivity contribution in [1.82, 2.24) is 0 Å². The Morgan fingerprint density at radius 1 is 1.73 bits per heavy atom. The fourth-order valence-electron chi connectivity index (χ4n) is 2.18. The zero-order valence-electron chi connectivity index (χ0n) is 7.56. The summed E-state index contributed by atoms with van der Waals surface area (Å²) < 4.78 is 0. The highest BCUT2D eigenvalue weighted by Crippen LogP contribution is 2.51. The van der Waals surface area contributed by atoms with Crippen molar-refractivity contribution in [3.63, 3.8) is 0 Å². The van der Waals surface area contributed by atoms with E-state index in [-0.39, 0.29) is 0 Å². The summed E-state index contributed by atoms with van der Waals surface area (Å²) in [4.78, 5) is 0. The third kappa shape index (κ3) is 1.48. The molecule has 1 aliphatic rings. The lowest BCUT2D eigenvalue weighted by molar-refractivity contribution is 0.0472. The fraction of sp³-hybridized carbons (Fsp3) is 0.800. The van der Waals surface area contributed by atoms with E-state index < -0.39 is 0 Å². The summed E-state index contributed by atoms with van der Waals surface area (Å²) in [5, 5.41) is 8.84. The van der Waals surface area contributed by atoms with Crippen LogP contribution in [0.25, 0.3) is 0 Å². The number of hydrogen-bond acceptors (Lipinski definition) is 1. The first-order chi connectivity index (χ1) is 5.10. The molecule has 0 aromatic rings. The first kappa shape index (κ1) is 8.79. The molecule has 64 valence electrons. The lowest BCUT2D eigenvalue weighted by Gasteiger charge is -2.47. The van der Waals surface area contributed by atoms with Crippen LogP contribution in [0.3, 0.4) is 0 Å². The molecular weight excluding hydrogens is 136 g/mol. The molecule has 1 heteroatoms. The van der Waals surface area contributed by atoms with Crippen molar-refractivity contribution < 1.29 is 5.11 Å². The minimum Gasteiger partial charge on any atom is -0.396 e. The number of aliphatic hydroxyl groups excluding tert-OH is 1. The van der Waals surface area contributed by atoms with Crippen molar-refractivity contribution in [1.29, 1.82) is 0 Å². The second-order valence-corrected chi connectivity index (χ2v) is 4.07. The van der Waals surface area contributed by atoms with Gasteiger partial charge in [-0.1, -0.05) is 19.1 Å². The topological polar surface area (TPSA) is 20.2 Å². The molecule has 1 N–H and O–H groups in total. The summed E-state index contributed by atoms with van der Waals surface area (Å²) in [5.41, 5.74) is 1.65. The summed E-state index contributed by atoms with van der Waals surface area (Å²) in [6.45, 7) is 8.65. The van der Waals surface area contributed by atoms with Gasteiger partial charge in [-0.3, -0.25) is 0 Å².